The summed E-state index contributed by atoms with van der Waals surface area (Å²) in [5.41, 5.74) is 1.94. The highest BCUT2D eigenvalue weighted by Gasteiger charge is 2.11. The molecule has 156 valence electrons. The maximum absolute atomic E-state index is 12.2. The van der Waals surface area contributed by atoms with E-state index in [0.717, 1.165) is 5.56 Å². The van der Waals surface area contributed by atoms with Crippen LogP contribution in [0.3, 0.4) is 0 Å². The minimum Gasteiger partial charge on any atom is -0.441 e. The zero-order chi connectivity index (χ0) is 21.6. The van der Waals surface area contributed by atoms with E-state index >= 15 is 0 Å². The van der Waals surface area contributed by atoms with Crippen molar-refractivity contribution in [2.45, 2.75) is 12.8 Å². The van der Waals surface area contributed by atoms with Gasteiger partial charge in [0.2, 0.25) is 5.91 Å². The molecule has 0 aliphatic carbocycles. The van der Waals surface area contributed by atoms with Gasteiger partial charge in [-0.3, -0.25) is 14.9 Å². The normalized spacial score (nSPS) is 10.6. The highest BCUT2D eigenvalue weighted by Crippen LogP contribution is 2.23. The first-order valence-electron chi connectivity index (χ1n) is 9.38. The van der Waals surface area contributed by atoms with Gasteiger partial charge in [-0.15, -0.1) is 11.3 Å². The van der Waals surface area contributed by atoms with Crippen molar-refractivity contribution >= 4 is 45.6 Å². The average molecular weight is 453 g/mol. The molecule has 0 atom stereocenters. The highest BCUT2D eigenvalue weighted by molar-refractivity contribution is 7.13. The quantitative estimate of drug-likeness (QED) is 0.398. The third-order valence-corrected chi connectivity index (χ3v) is 5.27. The van der Waals surface area contributed by atoms with Crippen LogP contribution in [0.15, 0.2) is 70.7 Å². The summed E-state index contributed by atoms with van der Waals surface area (Å²) in [5, 5.41) is 8.48. The van der Waals surface area contributed by atoms with Crippen LogP contribution in [-0.4, -0.2) is 21.8 Å². The fraction of sp³-hybridized carbons (Fsp3) is 0.0909. The Morgan fingerprint density at radius 2 is 1.77 bits per heavy atom. The summed E-state index contributed by atoms with van der Waals surface area (Å²) in [6.45, 7) is 0. The lowest BCUT2D eigenvalue weighted by atomic mass is 10.2. The van der Waals surface area contributed by atoms with E-state index in [9.17, 15) is 9.59 Å². The van der Waals surface area contributed by atoms with Crippen molar-refractivity contribution in [3.05, 3.63) is 82.8 Å². The fourth-order valence-corrected chi connectivity index (χ4v) is 3.43. The average Bonchev–Trinajstić information content (AvgIpc) is 3.45. The molecule has 2 aromatic carbocycles. The Bertz CT molecular complexity index is 1170. The molecule has 0 saturated heterocycles. The molecule has 0 unspecified atom stereocenters. The van der Waals surface area contributed by atoms with Crippen LogP contribution < -0.4 is 10.6 Å². The number of hydrogen-bond acceptors (Lipinski definition) is 6. The van der Waals surface area contributed by atoms with Gasteiger partial charge < -0.3 is 9.73 Å². The van der Waals surface area contributed by atoms with Crippen LogP contribution in [0, 0.1) is 0 Å². The van der Waals surface area contributed by atoms with E-state index in [1.165, 1.54) is 11.3 Å². The number of carbonyl (C=O) groups excluding carboxylic acids is 2. The Kier molecular flexibility index (Phi) is 6.40. The fourth-order valence-electron chi connectivity index (χ4n) is 2.78. The summed E-state index contributed by atoms with van der Waals surface area (Å²) in [5.74, 6) is 0.674. The van der Waals surface area contributed by atoms with E-state index < -0.39 is 0 Å². The van der Waals surface area contributed by atoms with Crippen molar-refractivity contribution in [1.82, 2.24) is 9.97 Å². The number of aromatic nitrogens is 2. The number of aryl methyl sites for hydroxylation is 1. The predicted octanol–water partition coefficient (Wildman–Crippen LogP) is 5.28. The van der Waals surface area contributed by atoms with Gasteiger partial charge in [-0.2, -0.15) is 0 Å². The maximum Gasteiger partial charge on any atom is 0.257 e. The molecule has 0 aliphatic rings. The van der Waals surface area contributed by atoms with Crippen molar-refractivity contribution in [3.63, 3.8) is 0 Å². The minimum atomic E-state index is -0.256. The molecular weight excluding hydrogens is 436 g/mol. The lowest BCUT2D eigenvalue weighted by molar-refractivity contribution is -0.116. The maximum atomic E-state index is 12.2. The summed E-state index contributed by atoms with van der Waals surface area (Å²) in [6, 6.07) is 13.9. The van der Waals surface area contributed by atoms with Crippen molar-refractivity contribution in [2.24, 2.45) is 0 Å². The topological polar surface area (TPSA) is 97.1 Å². The molecule has 7 nitrogen and oxygen atoms in total. The predicted molar refractivity (Wildman–Crippen MR) is 120 cm³/mol. The molecule has 0 bridgehead atoms. The number of nitrogens with zero attached hydrogens (tertiary/aromatic N) is 2. The van der Waals surface area contributed by atoms with Crippen LogP contribution >= 0.6 is 22.9 Å². The lowest BCUT2D eigenvalue weighted by Gasteiger charge is -2.06. The van der Waals surface area contributed by atoms with Gasteiger partial charge in [0.25, 0.3) is 5.91 Å². The van der Waals surface area contributed by atoms with Crippen molar-refractivity contribution < 1.29 is 14.0 Å². The van der Waals surface area contributed by atoms with Crippen LogP contribution in [0.4, 0.5) is 10.8 Å². The van der Waals surface area contributed by atoms with Gasteiger partial charge in [0.15, 0.2) is 16.8 Å². The first-order chi connectivity index (χ1) is 15.1. The molecular formula is C22H17ClN4O3S. The van der Waals surface area contributed by atoms with Gasteiger partial charge in [0.05, 0.1) is 6.20 Å². The largest absolute Gasteiger partial charge is 0.441 e. The zero-order valence-electron chi connectivity index (χ0n) is 16.2. The number of thiazole rings is 1. The van der Waals surface area contributed by atoms with Crippen molar-refractivity contribution in [1.29, 1.82) is 0 Å². The number of oxazole rings is 1. The van der Waals surface area contributed by atoms with Gasteiger partial charge in [0.1, 0.15) is 0 Å². The molecule has 2 N–H and O–H groups in total. The Balaban J connectivity index is 1.28. The van der Waals surface area contributed by atoms with E-state index in [-0.39, 0.29) is 18.2 Å². The molecule has 2 amide bonds. The molecule has 4 aromatic rings. The molecule has 0 radical (unpaired) electrons. The second-order valence-corrected chi connectivity index (χ2v) is 7.87. The number of hydrogen-bond donors (Lipinski definition) is 2. The third-order valence-electron chi connectivity index (χ3n) is 4.33. The number of anilines is 2. The SMILES string of the molecule is O=C(CCc1ncc(-c2ccc(Cl)cc2)o1)Nc1ccc(C(=O)Nc2nccs2)cc1. The van der Waals surface area contributed by atoms with Gasteiger partial charge in [-0.25, -0.2) is 9.97 Å². The number of halogens is 1. The Morgan fingerprint density at radius 3 is 2.48 bits per heavy atom. The monoisotopic (exact) mass is 452 g/mol. The second-order valence-electron chi connectivity index (χ2n) is 6.54. The number of benzene rings is 2. The lowest BCUT2D eigenvalue weighted by Crippen LogP contribution is -2.14. The summed E-state index contributed by atoms with van der Waals surface area (Å²) >= 11 is 7.24. The Hall–Kier alpha value is -3.49. The minimum absolute atomic E-state index is 0.175. The number of nitrogens with one attached hydrogen (secondary N) is 2. The van der Waals surface area contributed by atoms with E-state index in [1.807, 2.05) is 12.1 Å². The van der Waals surface area contributed by atoms with Gasteiger partial charge in [-0.1, -0.05) is 11.6 Å². The van der Waals surface area contributed by atoms with Gasteiger partial charge in [0, 0.05) is 46.3 Å². The smallest absolute Gasteiger partial charge is 0.257 e. The summed E-state index contributed by atoms with van der Waals surface area (Å²) in [4.78, 5) is 32.7. The molecule has 9 heteroatoms. The van der Waals surface area contributed by atoms with E-state index in [2.05, 4.69) is 20.6 Å². The van der Waals surface area contributed by atoms with Crippen molar-refractivity contribution in [3.8, 4) is 11.3 Å². The number of amides is 2. The Labute approximate surface area is 187 Å². The number of carbonyl (C=O) groups is 2. The van der Waals surface area contributed by atoms with Crippen LogP contribution in [0.2, 0.25) is 5.02 Å². The van der Waals surface area contributed by atoms with Crippen molar-refractivity contribution in [2.75, 3.05) is 10.6 Å². The molecule has 0 fully saturated rings. The molecule has 2 aromatic heterocycles. The summed E-state index contributed by atoms with van der Waals surface area (Å²) in [7, 11) is 0. The molecule has 0 aliphatic heterocycles. The van der Waals surface area contributed by atoms with Crippen LogP contribution in [0.1, 0.15) is 22.7 Å². The highest BCUT2D eigenvalue weighted by atomic mass is 35.5. The zero-order valence-corrected chi connectivity index (χ0v) is 17.7. The van der Waals surface area contributed by atoms with Gasteiger partial charge in [-0.05, 0) is 48.5 Å². The molecule has 0 spiro atoms. The Morgan fingerprint density at radius 1 is 1.00 bits per heavy atom. The van der Waals surface area contributed by atoms with Gasteiger partial charge >= 0.3 is 0 Å². The molecule has 2 heterocycles. The second kappa shape index (κ2) is 9.55. The first kappa shape index (κ1) is 20.8. The molecule has 0 saturated carbocycles. The number of rotatable bonds is 7. The third kappa shape index (κ3) is 5.56. The standard InChI is InChI=1S/C22H17ClN4O3S/c23-16-5-1-14(2-6-16)18-13-25-20(30-18)10-9-19(28)26-17-7-3-15(4-8-17)21(29)27-22-24-11-12-31-22/h1-8,11-13H,9-10H2,(H,26,28)(H,24,27,29). The van der Waals surface area contributed by atoms with E-state index in [4.69, 9.17) is 16.0 Å². The van der Waals surface area contributed by atoms with Crippen LogP contribution in [0.25, 0.3) is 11.3 Å². The summed E-state index contributed by atoms with van der Waals surface area (Å²) < 4.78 is 5.71. The molecule has 4 rings (SSSR count). The van der Waals surface area contributed by atoms with E-state index in [0.29, 0.717) is 39.5 Å². The first-order valence-corrected chi connectivity index (χ1v) is 10.6. The summed E-state index contributed by atoms with van der Waals surface area (Å²) in [6.07, 6.45) is 3.84. The van der Waals surface area contributed by atoms with E-state index in [1.54, 1.807) is 54.2 Å². The van der Waals surface area contributed by atoms with Crippen LogP contribution in [0.5, 0.6) is 0 Å². The van der Waals surface area contributed by atoms with Crippen LogP contribution in [-0.2, 0) is 11.2 Å². The molecule has 31 heavy (non-hydrogen) atoms.